The van der Waals surface area contributed by atoms with Crippen molar-refractivity contribution in [3.8, 4) is 5.75 Å². The van der Waals surface area contributed by atoms with Crippen LogP contribution in [-0.2, 0) is 15.0 Å². The van der Waals surface area contributed by atoms with Crippen LogP contribution in [0.1, 0.15) is 57.9 Å². The number of rotatable bonds is 12. The van der Waals surface area contributed by atoms with Gasteiger partial charge in [0.15, 0.2) is 0 Å². The number of carbonyl (C=O) groups is 2. The highest BCUT2D eigenvalue weighted by atomic mass is 16.5. The number of carbonyl (C=O) groups excluding carboxylic acids is 1. The molecule has 1 aliphatic rings. The van der Waals surface area contributed by atoms with Crippen LogP contribution in [-0.4, -0.2) is 52.8 Å². The first-order chi connectivity index (χ1) is 12.8. The molecule has 1 aliphatic heterocycles. The summed E-state index contributed by atoms with van der Waals surface area (Å²) in [5, 5.41) is 18.1. The molecule has 2 N–H and O–H groups in total. The van der Waals surface area contributed by atoms with Crippen LogP contribution < -0.4 is 4.74 Å². The molecule has 0 spiro atoms. The van der Waals surface area contributed by atoms with Crippen molar-refractivity contribution >= 4 is 11.9 Å². The van der Waals surface area contributed by atoms with Gasteiger partial charge in [0.05, 0.1) is 19.1 Å². The Kier molecular flexibility index (Phi) is 7.66. The summed E-state index contributed by atoms with van der Waals surface area (Å²) in [5.74, 6) is 0.174. The number of hydrogen-bond acceptors (Lipinski definition) is 4. The van der Waals surface area contributed by atoms with E-state index in [0.717, 1.165) is 30.6 Å². The van der Waals surface area contributed by atoms with Gasteiger partial charge in [0.2, 0.25) is 5.91 Å². The van der Waals surface area contributed by atoms with Crippen molar-refractivity contribution in [2.24, 2.45) is 0 Å². The summed E-state index contributed by atoms with van der Waals surface area (Å²) in [6.07, 6.45) is 4.15. The third-order valence-corrected chi connectivity index (χ3v) is 5.18. The third-order valence-electron chi connectivity index (χ3n) is 5.18. The molecule has 0 unspecified atom stereocenters. The fourth-order valence-corrected chi connectivity index (χ4v) is 3.17. The predicted molar refractivity (Wildman–Crippen MR) is 103 cm³/mol. The molecule has 2 rings (SSSR count). The van der Waals surface area contributed by atoms with E-state index in [4.69, 9.17) is 9.84 Å². The molecule has 1 fully saturated rings. The van der Waals surface area contributed by atoms with Crippen LogP contribution in [0.4, 0.5) is 0 Å². The van der Waals surface area contributed by atoms with Crippen LogP contribution in [0.5, 0.6) is 5.75 Å². The van der Waals surface area contributed by atoms with E-state index < -0.39 is 5.97 Å². The highest BCUT2D eigenvalue weighted by molar-refractivity contribution is 5.83. The lowest BCUT2D eigenvalue weighted by Crippen LogP contribution is -2.55. The smallest absolute Gasteiger partial charge is 0.303 e. The Bertz CT molecular complexity index is 626. The number of ether oxygens (including phenoxy) is 1. The quantitative estimate of drug-likeness (QED) is 0.432. The summed E-state index contributed by atoms with van der Waals surface area (Å²) < 4.78 is 5.84. The molecule has 0 saturated carbocycles. The second-order valence-electron chi connectivity index (χ2n) is 7.88. The van der Waals surface area contributed by atoms with Gasteiger partial charge in [-0.25, -0.2) is 0 Å². The van der Waals surface area contributed by atoms with Crippen molar-refractivity contribution < 1.29 is 24.5 Å². The summed E-state index contributed by atoms with van der Waals surface area (Å²) in [5.41, 5.74) is 0.779. The number of aliphatic hydroxyl groups excluding tert-OH is 1. The van der Waals surface area contributed by atoms with Gasteiger partial charge >= 0.3 is 5.97 Å². The number of nitrogens with zero attached hydrogens (tertiary/aromatic N) is 1. The Hall–Kier alpha value is -2.08. The monoisotopic (exact) mass is 377 g/mol. The maximum atomic E-state index is 11.8. The second-order valence-corrected chi connectivity index (χ2v) is 7.88. The van der Waals surface area contributed by atoms with Gasteiger partial charge in [0.1, 0.15) is 12.4 Å². The van der Waals surface area contributed by atoms with Crippen molar-refractivity contribution in [3.05, 3.63) is 29.8 Å². The zero-order valence-corrected chi connectivity index (χ0v) is 16.3. The second kappa shape index (κ2) is 9.74. The third kappa shape index (κ3) is 6.24. The van der Waals surface area contributed by atoms with Crippen LogP contribution in [0, 0.1) is 0 Å². The topological polar surface area (TPSA) is 87.1 Å². The van der Waals surface area contributed by atoms with Crippen molar-refractivity contribution in [2.45, 2.75) is 63.8 Å². The summed E-state index contributed by atoms with van der Waals surface area (Å²) in [7, 11) is 0. The first-order valence-electron chi connectivity index (χ1n) is 9.69. The number of amides is 1. The number of unbranched alkanes of at least 4 members (excludes halogenated alkanes) is 3. The zero-order chi connectivity index (χ0) is 19.9. The standard InChI is InChI=1S/C21H31NO5/c1-21(2,15-23)16-8-10-18(11-9-16)27-14-17-13-19(24)22(17)12-6-4-3-5-7-20(25)26/h8-11,17,23H,3-7,12-15H2,1-2H3,(H,25,26)/t17-/m1/s1. The Morgan fingerprint density at radius 1 is 1.19 bits per heavy atom. The molecule has 1 atom stereocenters. The Morgan fingerprint density at radius 3 is 2.44 bits per heavy atom. The average Bonchev–Trinajstić information content (AvgIpc) is 2.64. The molecule has 1 saturated heterocycles. The Balaban J connectivity index is 1.71. The lowest BCUT2D eigenvalue weighted by Gasteiger charge is -2.40. The Labute approximate surface area is 161 Å². The van der Waals surface area contributed by atoms with Crippen LogP contribution in [0.15, 0.2) is 24.3 Å². The molecule has 1 aromatic carbocycles. The van der Waals surface area contributed by atoms with Crippen molar-refractivity contribution in [1.29, 1.82) is 0 Å². The molecule has 150 valence electrons. The van der Waals surface area contributed by atoms with E-state index >= 15 is 0 Å². The van der Waals surface area contributed by atoms with Crippen molar-refractivity contribution in [1.82, 2.24) is 4.90 Å². The fraction of sp³-hybridized carbons (Fsp3) is 0.619. The highest BCUT2D eigenvalue weighted by Gasteiger charge is 2.35. The maximum Gasteiger partial charge on any atom is 0.303 e. The van der Waals surface area contributed by atoms with Gasteiger partial charge in [-0.15, -0.1) is 0 Å². The molecule has 1 amide bonds. The van der Waals surface area contributed by atoms with Gasteiger partial charge in [-0.1, -0.05) is 38.8 Å². The Morgan fingerprint density at radius 2 is 1.85 bits per heavy atom. The lowest BCUT2D eigenvalue weighted by atomic mass is 9.86. The number of aliphatic hydroxyl groups is 1. The van der Waals surface area contributed by atoms with E-state index in [0.29, 0.717) is 26.0 Å². The molecular formula is C21H31NO5. The molecule has 1 heterocycles. The summed E-state index contributed by atoms with van der Waals surface area (Å²) in [6.45, 7) is 5.25. The molecule has 0 aromatic heterocycles. The van der Waals surface area contributed by atoms with Crippen LogP contribution >= 0.6 is 0 Å². The minimum atomic E-state index is -0.752. The van der Waals surface area contributed by atoms with Crippen LogP contribution in [0.3, 0.4) is 0 Å². The van der Waals surface area contributed by atoms with E-state index in [1.54, 1.807) is 0 Å². The van der Waals surface area contributed by atoms with Crippen molar-refractivity contribution in [2.75, 3.05) is 19.8 Å². The molecule has 27 heavy (non-hydrogen) atoms. The van der Waals surface area contributed by atoms with Gasteiger partial charge in [-0.3, -0.25) is 9.59 Å². The largest absolute Gasteiger partial charge is 0.491 e. The SMILES string of the molecule is CC(C)(CO)c1ccc(OC[C@H]2CC(=O)N2CCCCCCC(=O)O)cc1. The van der Waals surface area contributed by atoms with Gasteiger partial charge in [-0.05, 0) is 30.5 Å². The number of carboxylic acid groups (broad SMARTS) is 1. The zero-order valence-electron chi connectivity index (χ0n) is 16.3. The van der Waals surface area contributed by atoms with Gasteiger partial charge in [0.25, 0.3) is 0 Å². The van der Waals surface area contributed by atoms with Crippen molar-refractivity contribution in [3.63, 3.8) is 0 Å². The van der Waals surface area contributed by atoms with E-state index in [1.807, 2.05) is 43.0 Å². The number of likely N-dealkylation sites (tertiary alicyclic amines) is 1. The van der Waals surface area contributed by atoms with E-state index in [9.17, 15) is 14.7 Å². The summed E-state index contributed by atoms with van der Waals surface area (Å²) >= 11 is 0. The fourth-order valence-electron chi connectivity index (χ4n) is 3.17. The molecule has 0 aliphatic carbocycles. The molecule has 1 aromatic rings. The highest BCUT2D eigenvalue weighted by Crippen LogP contribution is 2.26. The molecule has 6 heteroatoms. The number of benzene rings is 1. The molecule has 0 radical (unpaired) electrons. The van der Waals surface area contributed by atoms with Crippen LogP contribution in [0.25, 0.3) is 0 Å². The lowest BCUT2D eigenvalue weighted by molar-refractivity contribution is -0.147. The van der Waals surface area contributed by atoms with E-state index in [1.165, 1.54) is 0 Å². The first-order valence-corrected chi connectivity index (χ1v) is 9.69. The normalized spacial score (nSPS) is 16.9. The summed E-state index contributed by atoms with van der Waals surface area (Å²) in [4.78, 5) is 24.2. The number of aliphatic carboxylic acids is 1. The van der Waals surface area contributed by atoms with E-state index in [2.05, 4.69) is 0 Å². The van der Waals surface area contributed by atoms with Gasteiger partial charge < -0.3 is 19.8 Å². The minimum Gasteiger partial charge on any atom is -0.491 e. The molecule has 0 bridgehead atoms. The average molecular weight is 377 g/mol. The number of hydrogen-bond donors (Lipinski definition) is 2. The first kappa shape index (κ1) is 21.2. The van der Waals surface area contributed by atoms with Gasteiger partial charge in [0, 0.05) is 18.4 Å². The predicted octanol–water partition coefficient (Wildman–Crippen LogP) is 2.97. The molecular weight excluding hydrogens is 346 g/mol. The van der Waals surface area contributed by atoms with E-state index in [-0.39, 0.29) is 30.4 Å². The maximum absolute atomic E-state index is 11.8. The van der Waals surface area contributed by atoms with Gasteiger partial charge in [-0.2, -0.15) is 0 Å². The number of β-lactam (4-membered cyclic amide) rings is 1. The number of carboxylic acids is 1. The summed E-state index contributed by atoms with van der Waals surface area (Å²) in [6, 6.07) is 7.85. The molecule has 6 nitrogen and oxygen atoms in total. The minimum absolute atomic E-state index is 0.0860. The van der Waals surface area contributed by atoms with Crippen LogP contribution in [0.2, 0.25) is 0 Å².